The number of benzene rings is 2. The number of pyridine rings is 1. The van der Waals surface area contributed by atoms with Crippen molar-refractivity contribution in [2.24, 2.45) is 0 Å². The third-order valence-electron chi connectivity index (χ3n) is 5.73. The van der Waals surface area contributed by atoms with Gasteiger partial charge in [-0.2, -0.15) is 0 Å². The topological polar surface area (TPSA) is 82.8 Å². The molecule has 9 heteroatoms. The van der Waals surface area contributed by atoms with Crippen molar-refractivity contribution in [3.05, 3.63) is 75.6 Å². The van der Waals surface area contributed by atoms with E-state index in [4.69, 9.17) is 0 Å². The van der Waals surface area contributed by atoms with Crippen LogP contribution in [0.3, 0.4) is 0 Å². The molecule has 1 amide bonds. The van der Waals surface area contributed by atoms with E-state index in [2.05, 4.69) is 0 Å². The molecule has 1 aliphatic heterocycles. The van der Waals surface area contributed by atoms with Gasteiger partial charge in [0.25, 0.3) is 5.91 Å². The SMILES string of the molecule is CCn1cc(C(=O)O)c(=O)c2cc(F)c(N3CCN(C(=O)c4ccccc4F)CC3)cc21. The number of aromatic nitrogens is 1. The van der Waals surface area contributed by atoms with Crippen LogP contribution in [0.4, 0.5) is 14.5 Å². The first-order valence-electron chi connectivity index (χ1n) is 10.2. The highest BCUT2D eigenvalue weighted by molar-refractivity contribution is 5.95. The Bertz CT molecular complexity index is 1280. The molecule has 0 unspecified atom stereocenters. The van der Waals surface area contributed by atoms with E-state index in [-0.39, 0.29) is 29.7 Å². The van der Waals surface area contributed by atoms with Gasteiger partial charge >= 0.3 is 5.97 Å². The summed E-state index contributed by atoms with van der Waals surface area (Å²) in [7, 11) is 0. The summed E-state index contributed by atoms with van der Waals surface area (Å²) < 4.78 is 30.5. The number of carbonyl (C=O) groups is 2. The Labute approximate surface area is 182 Å². The number of aromatic carboxylic acids is 1. The van der Waals surface area contributed by atoms with Crippen LogP contribution in [0.5, 0.6) is 0 Å². The fourth-order valence-corrected chi connectivity index (χ4v) is 4.01. The van der Waals surface area contributed by atoms with Crippen LogP contribution in [0.25, 0.3) is 10.9 Å². The fraction of sp³-hybridized carbons (Fsp3) is 0.261. The zero-order valence-electron chi connectivity index (χ0n) is 17.3. The van der Waals surface area contributed by atoms with Gasteiger partial charge in [0.2, 0.25) is 5.43 Å². The van der Waals surface area contributed by atoms with Crippen molar-refractivity contribution in [2.75, 3.05) is 31.1 Å². The van der Waals surface area contributed by atoms with Crippen LogP contribution >= 0.6 is 0 Å². The zero-order chi connectivity index (χ0) is 23.0. The number of anilines is 1. The number of nitrogens with zero attached hydrogens (tertiary/aromatic N) is 3. The first-order valence-corrected chi connectivity index (χ1v) is 10.2. The number of rotatable bonds is 4. The predicted molar refractivity (Wildman–Crippen MR) is 115 cm³/mol. The number of carboxylic acid groups (broad SMARTS) is 1. The average molecular weight is 441 g/mol. The fourth-order valence-electron chi connectivity index (χ4n) is 4.01. The summed E-state index contributed by atoms with van der Waals surface area (Å²) in [4.78, 5) is 39.8. The number of aryl methyl sites for hydroxylation is 1. The van der Waals surface area contributed by atoms with Gasteiger partial charge in [0.05, 0.1) is 16.8 Å². The largest absolute Gasteiger partial charge is 0.477 e. The first kappa shape index (κ1) is 21.5. The molecule has 0 spiro atoms. The summed E-state index contributed by atoms with van der Waals surface area (Å²) in [5, 5.41) is 9.27. The van der Waals surface area contributed by atoms with E-state index in [0.717, 1.165) is 6.07 Å². The van der Waals surface area contributed by atoms with Gasteiger partial charge in [-0.25, -0.2) is 13.6 Å². The number of hydrogen-bond acceptors (Lipinski definition) is 4. The van der Waals surface area contributed by atoms with E-state index in [1.807, 2.05) is 0 Å². The van der Waals surface area contributed by atoms with Gasteiger partial charge in [-0.1, -0.05) is 12.1 Å². The van der Waals surface area contributed by atoms with Crippen molar-refractivity contribution in [3.8, 4) is 0 Å². The molecule has 4 rings (SSSR count). The lowest BCUT2D eigenvalue weighted by Crippen LogP contribution is -2.49. The maximum atomic E-state index is 15.0. The van der Waals surface area contributed by atoms with Crippen molar-refractivity contribution in [1.82, 2.24) is 9.47 Å². The van der Waals surface area contributed by atoms with Gasteiger partial charge < -0.3 is 19.5 Å². The third kappa shape index (κ3) is 3.70. The van der Waals surface area contributed by atoms with Crippen molar-refractivity contribution >= 4 is 28.5 Å². The second kappa shape index (κ2) is 8.41. The molecule has 3 aromatic rings. The molecule has 0 aliphatic carbocycles. The Balaban J connectivity index is 1.62. The Morgan fingerprint density at radius 1 is 1.00 bits per heavy atom. The highest BCUT2D eigenvalue weighted by Crippen LogP contribution is 2.27. The highest BCUT2D eigenvalue weighted by atomic mass is 19.1. The summed E-state index contributed by atoms with van der Waals surface area (Å²) in [6.07, 6.45) is 1.26. The van der Waals surface area contributed by atoms with E-state index in [9.17, 15) is 28.3 Å². The Kier molecular flexibility index (Phi) is 5.65. The Morgan fingerprint density at radius 2 is 1.69 bits per heavy atom. The van der Waals surface area contributed by atoms with Crippen LogP contribution < -0.4 is 10.3 Å². The second-order valence-electron chi connectivity index (χ2n) is 7.54. The summed E-state index contributed by atoms with van der Waals surface area (Å²) in [6.45, 7) is 3.41. The number of piperazine rings is 1. The molecule has 0 bridgehead atoms. The minimum Gasteiger partial charge on any atom is -0.477 e. The summed E-state index contributed by atoms with van der Waals surface area (Å²) in [5.41, 5.74) is -0.447. The molecule has 1 saturated heterocycles. The van der Waals surface area contributed by atoms with E-state index in [1.54, 1.807) is 22.5 Å². The summed E-state index contributed by atoms with van der Waals surface area (Å²) in [6, 6.07) is 8.39. The maximum absolute atomic E-state index is 15.0. The van der Waals surface area contributed by atoms with Crippen molar-refractivity contribution in [1.29, 1.82) is 0 Å². The van der Waals surface area contributed by atoms with E-state index in [0.29, 0.717) is 25.2 Å². The number of carboxylic acids is 1. The normalized spacial score (nSPS) is 14.1. The lowest BCUT2D eigenvalue weighted by molar-refractivity contribution is 0.0693. The molecule has 0 saturated carbocycles. The van der Waals surface area contributed by atoms with Gasteiger partial charge in [0.1, 0.15) is 17.2 Å². The van der Waals surface area contributed by atoms with Crippen LogP contribution in [0.2, 0.25) is 0 Å². The standard InChI is InChI=1S/C23H21F2N3O4/c1-2-26-13-16(23(31)32)21(29)15-11-18(25)20(12-19(15)26)27-7-9-28(10-8-27)22(30)14-5-3-4-6-17(14)24/h3-6,11-13H,2,7-10H2,1H3,(H,31,32). The van der Waals surface area contributed by atoms with Crippen LogP contribution in [0.1, 0.15) is 27.6 Å². The molecule has 7 nitrogen and oxygen atoms in total. The minimum atomic E-state index is -1.36. The van der Waals surface area contributed by atoms with Crippen molar-refractivity contribution in [2.45, 2.75) is 13.5 Å². The highest BCUT2D eigenvalue weighted by Gasteiger charge is 2.26. The summed E-state index contributed by atoms with van der Waals surface area (Å²) >= 11 is 0. The molecular weight excluding hydrogens is 420 g/mol. The average Bonchev–Trinajstić information content (AvgIpc) is 2.79. The third-order valence-corrected chi connectivity index (χ3v) is 5.73. The van der Waals surface area contributed by atoms with Crippen LogP contribution in [0, 0.1) is 11.6 Å². The maximum Gasteiger partial charge on any atom is 0.341 e. The van der Waals surface area contributed by atoms with Gasteiger partial charge in [-0.15, -0.1) is 0 Å². The lowest BCUT2D eigenvalue weighted by atomic mass is 10.1. The molecule has 166 valence electrons. The Morgan fingerprint density at radius 3 is 2.31 bits per heavy atom. The van der Waals surface area contributed by atoms with Crippen molar-refractivity contribution < 1.29 is 23.5 Å². The molecular formula is C23H21F2N3O4. The predicted octanol–water partition coefficient (Wildman–Crippen LogP) is 2.96. The van der Waals surface area contributed by atoms with E-state index >= 15 is 0 Å². The molecule has 2 heterocycles. The Hall–Kier alpha value is -3.75. The monoisotopic (exact) mass is 441 g/mol. The molecule has 2 aromatic carbocycles. The van der Waals surface area contributed by atoms with Crippen LogP contribution in [-0.4, -0.2) is 52.6 Å². The number of carbonyl (C=O) groups excluding carboxylic acids is 1. The molecule has 1 aliphatic rings. The first-order chi connectivity index (χ1) is 15.3. The van der Waals surface area contributed by atoms with Gasteiger partial charge in [0.15, 0.2) is 0 Å². The molecule has 1 N–H and O–H groups in total. The zero-order valence-corrected chi connectivity index (χ0v) is 17.3. The number of amides is 1. The lowest BCUT2D eigenvalue weighted by Gasteiger charge is -2.36. The van der Waals surface area contributed by atoms with Crippen LogP contribution in [0.15, 0.2) is 47.4 Å². The molecule has 0 radical (unpaired) electrons. The molecule has 32 heavy (non-hydrogen) atoms. The van der Waals surface area contributed by atoms with Crippen molar-refractivity contribution in [3.63, 3.8) is 0 Å². The number of halogens is 2. The van der Waals surface area contributed by atoms with Gasteiger partial charge in [-0.05, 0) is 31.2 Å². The minimum absolute atomic E-state index is 0.000895. The molecule has 1 aromatic heterocycles. The smallest absolute Gasteiger partial charge is 0.341 e. The van der Waals surface area contributed by atoms with E-state index in [1.165, 1.54) is 35.4 Å². The molecule has 1 fully saturated rings. The number of fused-ring (bicyclic) bond motifs is 1. The summed E-state index contributed by atoms with van der Waals surface area (Å²) in [5.74, 6) is -3.01. The number of hydrogen-bond donors (Lipinski definition) is 1. The quantitative estimate of drug-likeness (QED) is 0.673. The van der Waals surface area contributed by atoms with Crippen LogP contribution in [-0.2, 0) is 6.54 Å². The molecule has 0 atom stereocenters. The van der Waals surface area contributed by atoms with Gasteiger partial charge in [-0.3, -0.25) is 9.59 Å². The van der Waals surface area contributed by atoms with E-state index < -0.39 is 34.5 Å². The second-order valence-corrected chi connectivity index (χ2v) is 7.54. The van der Waals surface area contributed by atoms with Gasteiger partial charge in [0, 0.05) is 44.3 Å².